The molecule has 1 aromatic rings. The van der Waals surface area contributed by atoms with Crippen LogP contribution < -0.4 is 10.1 Å². The van der Waals surface area contributed by atoms with Gasteiger partial charge in [-0.3, -0.25) is 4.79 Å². The van der Waals surface area contributed by atoms with Gasteiger partial charge in [0.05, 0.1) is 18.9 Å². The standard InChI is InChI=1S/C15H16F4N2O4/c1-25-10-3-8(2-9(16)4-10)5-20-14(24)21-6-11(13(22)23)12(7-21)15(17,18)19/h2-4,11-12H,5-7H2,1H3,(H,20,24)(H,22,23)/t11-,12-/m1/s1. The number of hydrogen-bond donors (Lipinski definition) is 2. The zero-order valence-corrected chi connectivity index (χ0v) is 13.1. The number of nitrogens with zero attached hydrogens (tertiary/aromatic N) is 1. The average Bonchev–Trinajstić information content (AvgIpc) is 2.98. The second-order valence-corrected chi connectivity index (χ2v) is 5.66. The van der Waals surface area contributed by atoms with Crippen molar-refractivity contribution in [3.05, 3.63) is 29.6 Å². The van der Waals surface area contributed by atoms with Gasteiger partial charge in [-0.05, 0) is 17.7 Å². The summed E-state index contributed by atoms with van der Waals surface area (Å²) in [4.78, 5) is 23.8. The molecule has 0 aromatic heterocycles. The number of urea groups is 1. The smallest absolute Gasteiger partial charge is 0.394 e. The fourth-order valence-electron chi connectivity index (χ4n) is 2.68. The van der Waals surface area contributed by atoms with E-state index in [9.17, 15) is 27.2 Å². The van der Waals surface area contributed by atoms with Gasteiger partial charge in [-0.1, -0.05) is 0 Å². The van der Waals surface area contributed by atoms with Crippen molar-refractivity contribution in [3.63, 3.8) is 0 Å². The van der Waals surface area contributed by atoms with Crippen LogP contribution in [-0.4, -0.2) is 48.4 Å². The number of halogens is 4. The number of hydrogen-bond acceptors (Lipinski definition) is 3. The molecule has 0 unspecified atom stereocenters. The zero-order valence-electron chi connectivity index (χ0n) is 13.1. The van der Waals surface area contributed by atoms with Gasteiger partial charge >= 0.3 is 18.2 Å². The quantitative estimate of drug-likeness (QED) is 0.804. The summed E-state index contributed by atoms with van der Waals surface area (Å²) in [5, 5.41) is 11.3. The summed E-state index contributed by atoms with van der Waals surface area (Å²) in [6.07, 6.45) is -4.71. The number of amides is 2. The van der Waals surface area contributed by atoms with Gasteiger partial charge in [-0.2, -0.15) is 13.2 Å². The Morgan fingerprint density at radius 3 is 2.52 bits per heavy atom. The lowest BCUT2D eigenvalue weighted by Crippen LogP contribution is -2.39. The third-order valence-corrected chi connectivity index (χ3v) is 3.96. The van der Waals surface area contributed by atoms with Crippen molar-refractivity contribution >= 4 is 12.0 Å². The summed E-state index contributed by atoms with van der Waals surface area (Å²) in [5.41, 5.74) is 0.353. The minimum absolute atomic E-state index is 0.141. The van der Waals surface area contributed by atoms with Crippen molar-refractivity contribution in [2.75, 3.05) is 20.2 Å². The van der Waals surface area contributed by atoms with Gasteiger partial charge in [-0.15, -0.1) is 0 Å². The Morgan fingerprint density at radius 1 is 1.32 bits per heavy atom. The number of alkyl halides is 3. The van der Waals surface area contributed by atoms with Crippen LogP contribution in [0.4, 0.5) is 22.4 Å². The first-order valence-electron chi connectivity index (χ1n) is 7.27. The van der Waals surface area contributed by atoms with Crippen molar-refractivity contribution in [2.24, 2.45) is 11.8 Å². The predicted octanol–water partition coefficient (Wildman–Crippen LogP) is 2.24. The average molecular weight is 364 g/mol. The first-order chi connectivity index (χ1) is 11.6. The molecular weight excluding hydrogens is 348 g/mol. The Labute approximate surface area is 140 Å². The number of nitrogens with one attached hydrogen (secondary N) is 1. The van der Waals surface area contributed by atoms with E-state index in [1.54, 1.807) is 0 Å². The van der Waals surface area contributed by atoms with Crippen LogP contribution >= 0.6 is 0 Å². The highest BCUT2D eigenvalue weighted by molar-refractivity contribution is 5.77. The van der Waals surface area contributed by atoms with Gasteiger partial charge in [0.25, 0.3) is 0 Å². The van der Waals surface area contributed by atoms with E-state index in [1.807, 2.05) is 0 Å². The molecular formula is C15H16F4N2O4. The van der Waals surface area contributed by atoms with Crippen LogP contribution in [0, 0.1) is 17.7 Å². The summed E-state index contributed by atoms with van der Waals surface area (Å²) in [7, 11) is 1.34. The van der Waals surface area contributed by atoms with E-state index in [2.05, 4.69) is 5.32 Å². The maximum Gasteiger partial charge on any atom is 0.394 e. The summed E-state index contributed by atoms with van der Waals surface area (Å²) in [5.74, 6) is -5.79. The lowest BCUT2D eigenvalue weighted by Gasteiger charge is -2.18. The molecule has 2 amide bonds. The Hall–Kier alpha value is -2.52. The molecule has 1 aliphatic rings. The molecule has 2 atom stereocenters. The van der Waals surface area contributed by atoms with Gasteiger partial charge in [0, 0.05) is 25.7 Å². The van der Waals surface area contributed by atoms with E-state index in [0.717, 1.165) is 17.0 Å². The molecule has 6 nitrogen and oxygen atoms in total. The second-order valence-electron chi connectivity index (χ2n) is 5.66. The first kappa shape index (κ1) is 18.8. The molecule has 2 N–H and O–H groups in total. The monoisotopic (exact) mass is 364 g/mol. The second kappa shape index (κ2) is 7.16. The topological polar surface area (TPSA) is 78.9 Å². The van der Waals surface area contributed by atoms with Crippen molar-refractivity contribution in [1.82, 2.24) is 10.2 Å². The molecule has 0 aliphatic carbocycles. The highest BCUT2D eigenvalue weighted by atomic mass is 19.4. The maximum absolute atomic E-state index is 13.4. The lowest BCUT2D eigenvalue weighted by atomic mass is 9.96. The van der Waals surface area contributed by atoms with Crippen LogP contribution in [0.2, 0.25) is 0 Å². The molecule has 1 heterocycles. The Morgan fingerprint density at radius 2 is 2.00 bits per heavy atom. The number of rotatable bonds is 4. The lowest BCUT2D eigenvalue weighted by molar-refractivity contribution is -0.187. The maximum atomic E-state index is 13.4. The number of carboxylic acid groups (broad SMARTS) is 1. The van der Waals surface area contributed by atoms with Gasteiger partial charge < -0.3 is 20.1 Å². The first-order valence-corrected chi connectivity index (χ1v) is 7.27. The predicted molar refractivity (Wildman–Crippen MR) is 77.4 cm³/mol. The number of likely N-dealkylation sites (tertiary alicyclic amines) is 1. The molecule has 10 heteroatoms. The van der Waals surface area contributed by atoms with Crippen molar-refractivity contribution < 1.29 is 37.0 Å². The molecule has 0 spiro atoms. The minimum atomic E-state index is -4.71. The van der Waals surface area contributed by atoms with Gasteiger partial charge in [0.15, 0.2) is 0 Å². The van der Waals surface area contributed by atoms with Gasteiger partial charge in [0.2, 0.25) is 0 Å². The van der Waals surface area contributed by atoms with Crippen LogP contribution in [0.15, 0.2) is 18.2 Å². The van der Waals surface area contributed by atoms with Crippen molar-refractivity contribution in [3.8, 4) is 5.75 Å². The molecule has 25 heavy (non-hydrogen) atoms. The van der Waals surface area contributed by atoms with Crippen molar-refractivity contribution in [1.29, 1.82) is 0 Å². The molecule has 1 aromatic carbocycles. The van der Waals surface area contributed by atoms with E-state index in [0.29, 0.717) is 5.56 Å². The molecule has 138 valence electrons. The highest BCUT2D eigenvalue weighted by Gasteiger charge is 2.53. The zero-order chi connectivity index (χ0) is 18.8. The number of benzene rings is 1. The van der Waals surface area contributed by atoms with E-state index >= 15 is 0 Å². The Kier molecular flexibility index (Phi) is 5.39. The van der Waals surface area contributed by atoms with Crippen LogP contribution in [0.1, 0.15) is 5.56 Å². The van der Waals surface area contributed by atoms with Crippen LogP contribution in [-0.2, 0) is 11.3 Å². The summed E-state index contributed by atoms with van der Waals surface area (Å²) in [6, 6.07) is 2.90. The van der Waals surface area contributed by atoms with E-state index in [-0.39, 0.29) is 12.3 Å². The number of aliphatic carboxylic acids is 1. The van der Waals surface area contributed by atoms with Crippen LogP contribution in [0.3, 0.4) is 0 Å². The number of methoxy groups -OCH3 is 1. The Bertz CT molecular complexity index is 665. The highest BCUT2D eigenvalue weighted by Crippen LogP contribution is 2.37. The van der Waals surface area contributed by atoms with Crippen LogP contribution in [0.5, 0.6) is 5.75 Å². The summed E-state index contributed by atoms with van der Waals surface area (Å²) in [6.45, 7) is -1.42. The van der Waals surface area contributed by atoms with Gasteiger partial charge in [-0.25, -0.2) is 9.18 Å². The number of carbonyl (C=O) groups excluding carboxylic acids is 1. The largest absolute Gasteiger partial charge is 0.497 e. The SMILES string of the molecule is COc1cc(F)cc(CNC(=O)N2C[C@@H](C(F)(F)F)[C@H](C(=O)O)C2)c1. The molecule has 0 radical (unpaired) electrons. The number of carboxylic acids is 1. The van der Waals surface area contributed by atoms with Crippen molar-refractivity contribution in [2.45, 2.75) is 12.7 Å². The number of ether oxygens (including phenoxy) is 1. The molecule has 0 bridgehead atoms. The third-order valence-electron chi connectivity index (χ3n) is 3.96. The molecule has 1 aliphatic heterocycles. The summed E-state index contributed by atoms with van der Waals surface area (Å²) >= 11 is 0. The fraction of sp³-hybridized carbons (Fsp3) is 0.467. The van der Waals surface area contributed by atoms with Crippen LogP contribution in [0.25, 0.3) is 0 Å². The third kappa shape index (κ3) is 4.52. The minimum Gasteiger partial charge on any atom is -0.497 e. The summed E-state index contributed by atoms with van der Waals surface area (Å²) < 4.78 is 57.0. The molecule has 1 saturated heterocycles. The molecule has 1 fully saturated rings. The molecule has 2 rings (SSSR count). The van der Waals surface area contributed by atoms with E-state index < -0.39 is 48.9 Å². The molecule has 0 saturated carbocycles. The Balaban J connectivity index is 2.02. The van der Waals surface area contributed by atoms with E-state index in [4.69, 9.17) is 9.84 Å². The van der Waals surface area contributed by atoms with Gasteiger partial charge in [0.1, 0.15) is 11.6 Å². The normalized spacial score (nSPS) is 20.4. The van der Waals surface area contributed by atoms with E-state index in [1.165, 1.54) is 13.2 Å². The number of carbonyl (C=O) groups is 2. The fourth-order valence-corrected chi connectivity index (χ4v) is 2.68.